The molecule has 0 atom stereocenters. The number of pyridine rings is 1. The Kier molecular flexibility index (Phi) is 4.88. The highest BCUT2D eigenvalue weighted by Gasteiger charge is 2.19. The van der Waals surface area contributed by atoms with Crippen LogP contribution in [-0.4, -0.2) is 21.1 Å². The number of anilines is 1. The van der Waals surface area contributed by atoms with Crippen LogP contribution in [0.3, 0.4) is 0 Å². The monoisotopic (exact) mass is 338 g/mol. The molecule has 0 aliphatic carbocycles. The Balaban J connectivity index is 2.04. The lowest BCUT2D eigenvalue weighted by Gasteiger charge is -2.09. The third-order valence-corrected chi connectivity index (χ3v) is 3.72. The summed E-state index contributed by atoms with van der Waals surface area (Å²) in [6.07, 6.45) is 3.77. The van der Waals surface area contributed by atoms with Crippen LogP contribution >= 0.6 is 0 Å². The van der Waals surface area contributed by atoms with Crippen LogP contribution in [0.4, 0.5) is 10.2 Å². The van der Waals surface area contributed by atoms with Gasteiger partial charge in [-0.3, -0.25) is 14.9 Å². The molecular formula is C19H19FN4O. The van der Waals surface area contributed by atoms with E-state index < -0.39 is 0 Å². The average molecular weight is 338 g/mol. The van der Waals surface area contributed by atoms with Gasteiger partial charge in [-0.1, -0.05) is 13.8 Å². The lowest BCUT2D eigenvalue weighted by molar-refractivity contribution is -0.116. The Bertz CT molecular complexity index is 857. The topological polar surface area (TPSA) is 70.7 Å². The summed E-state index contributed by atoms with van der Waals surface area (Å²) in [6, 6.07) is 9.82. The summed E-state index contributed by atoms with van der Waals surface area (Å²) >= 11 is 0. The molecule has 2 N–H and O–H groups in total. The standard InChI is InChI=1S/C19H19FN4O/c1-12(2)11-16(25)22-19-17(13-7-9-21-10-8-13)18(23-24-19)14-3-5-15(20)6-4-14/h3-10,12H,11H2,1-2H3,(H2,22,23,24,25). The Morgan fingerprint density at radius 2 is 1.80 bits per heavy atom. The van der Waals surface area contributed by atoms with E-state index in [4.69, 9.17) is 0 Å². The normalized spacial score (nSPS) is 10.9. The van der Waals surface area contributed by atoms with Gasteiger partial charge in [-0.25, -0.2) is 4.39 Å². The first-order valence-electron chi connectivity index (χ1n) is 8.09. The molecule has 0 fully saturated rings. The van der Waals surface area contributed by atoms with Gasteiger partial charge in [0.1, 0.15) is 5.82 Å². The maximum atomic E-state index is 13.2. The number of hydrogen-bond acceptors (Lipinski definition) is 3. The molecule has 6 heteroatoms. The number of rotatable bonds is 5. The fourth-order valence-corrected chi connectivity index (χ4v) is 2.61. The third kappa shape index (κ3) is 3.91. The molecule has 0 saturated heterocycles. The molecule has 128 valence electrons. The molecule has 2 heterocycles. The minimum absolute atomic E-state index is 0.0949. The second kappa shape index (κ2) is 7.25. The van der Waals surface area contributed by atoms with Crippen molar-refractivity contribution >= 4 is 11.7 Å². The zero-order valence-corrected chi connectivity index (χ0v) is 14.1. The second-order valence-electron chi connectivity index (χ2n) is 6.21. The average Bonchev–Trinajstić information content (AvgIpc) is 2.99. The van der Waals surface area contributed by atoms with E-state index in [9.17, 15) is 9.18 Å². The fraction of sp³-hybridized carbons (Fsp3) is 0.211. The number of hydrogen-bond donors (Lipinski definition) is 2. The van der Waals surface area contributed by atoms with Crippen LogP contribution < -0.4 is 5.32 Å². The Labute approximate surface area is 145 Å². The lowest BCUT2D eigenvalue weighted by atomic mass is 10.0. The van der Waals surface area contributed by atoms with Gasteiger partial charge in [0.2, 0.25) is 5.91 Å². The summed E-state index contributed by atoms with van der Waals surface area (Å²) in [7, 11) is 0. The highest BCUT2D eigenvalue weighted by molar-refractivity contribution is 5.97. The van der Waals surface area contributed by atoms with Gasteiger partial charge in [0.15, 0.2) is 5.82 Å². The van der Waals surface area contributed by atoms with E-state index in [0.29, 0.717) is 17.9 Å². The quantitative estimate of drug-likeness (QED) is 0.730. The van der Waals surface area contributed by atoms with Gasteiger partial charge in [-0.15, -0.1) is 0 Å². The molecule has 3 rings (SSSR count). The van der Waals surface area contributed by atoms with Crippen molar-refractivity contribution in [3.8, 4) is 22.4 Å². The maximum Gasteiger partial charge on any atom is 0.225 e. The fourth-order valence-electron chi connectivity index (χ4n) is 2.61. The molecule has 1 amide bonds. The molecule has 0 aliphatic heterocycles. The van der Waals surface area contributed by atoms with Gasteiger partial charge >= 0.3 is 0 Å². The largest absolute Gasteiger partial charge is 0.309 e. The summed E-state index contributed by atoms with van der Waals surface area (Å²) in [5.74, 6) is 0.303. The van der Waals surface area contributed by atoms with Crippen LogP contribution in [0.25, 0.3) is 22.4 Å². The Morgan fingerprint density at radius 1 is 1.12 bits per heavy atom. The van der Waals surface area contributed by atoms with Crippen molar-refractivity contribution in [2.24, 2.45) is 5.92 Å². The van der Waals surface area contributed by atoms with Crippen LogP contribution in [-0.2, 0) is 4.79 Å². The predicted molar refractivity (Wildman–Crippen MR) is 95.3 cm³/mol. The molecule has 0 saturated carbocycles. The summed E-state index contributed by atoms with van der Waals surface area (Å²) in [5, 5.41) is 10.1. The van der Waals surface area contributed by atoms with Crippen LogP contribution in [0, 0.1) is 11.7 Å². The van der Waals surface area contributed by atoms with E-state index in [2.05, 4.69) is 20.5 Å². The predicted octanol–water partition coefficient (Wildman–Crippen LogP) is 4.26. The summed E-state index contributed by atoms with van der Waals surface area (Å²) in [6.45, 7) is 3.97. The molecule has 0 radical (unpaired) electrons. The second-order valence-corrected chi connectivity index (χ2v) is 6.21. The molecular weight excluding hydrogens is 319 g/mol. The van der Waals surface area contributed by atoms with E-state index in [1.54, 1.807) is 24.5 Å². The zero-order valence-electron chi connectivity index (χ0n) is 14.1. The number of halogens is 1. The first kappa shape index (κ1) is 16.8. The number of H-pyrrole nitrogens is 1. The minimum atomic E-state index is -0.306. The molecule has 0 bridgehead atoms. The molecule has 1 aromatic carbocycles. The number of amides is 1. The van der Waals surface area contributed by atoms with Gasteiger partial charge < -0.3 is 5.32 Å². The summed E-state index contributed by atoms with van der Waals surface area (Å²) in [4.78, 5) is 16.2. The van der Waals surface area contributed by atoms with Gasteiger partial charge in [0.25, 0.3) is 0 Å². The van der Waals surface area contributed by atoms with Crippen LogP contribution in [0.15, 0.2) is 48.8 Å². The SMILES string of the molecule is CC(C)CC(=O)Nc1n[nH]c(-c2ccc(F)cc2)c1-c1ccncc1. The molecule has 3 aromatic rings. The van der Waals surface area contributed by atoms with Crippen LogP contribution in [0.2, 0.25) is 0 Å². The number of aromatic amines is 1. The van der Waals surface area contributed by atoms with Crippen molar-refractivity contribution in [1.29, 1.82) is 0 Å². The number of benzene rings is 1. The van der Waals surface area contributed by atoms with Crippen LogP contribution in [0.1, 0.15) is 20.3 Å². The molecule has 0 unspecified atom stereocenters. The zero-order chi connectivity index (χ0) is 17.8. The van der Waals surface area contributed by atoms with E-state index in [1.807, 2.05) is 26.0 Å². The molecule has 5 nitrogen and oxygen atoms in total. The van der Waals surface area contributed by atoms with E-state index in [0.717, 1.165) is 16.7 Å². The van der Waals surface area contributed by atoms with Gasteiger partial charge in [0.05, 0.1) is 11.3 Å². The number of carbonyl (C=O) groups is 1. The van der Waals surface area contributed by atoms with Crippen molar-refractivity contribution in [2.75, 3.05) is 5.32 Å². The van der Waals surface area contributed by atoms with E-state index in [-0.39, 0.29) is 17.6 Å². The molecule has 0 spiro atoms. The van der Waals surface area contributed by atoms with Crippen molar-refractivity contribution < 1.29 is 9.18 Å². The van der Waals surface area contributed by atoms with Crippen LogP contribution in [0.5, 0.6) is 0 Å². The van der Waals surface area contributed by atoms with Crippen molar-refractivity contribution in [2.45, 2.75) is 20.3 Å². The third-order valence-electron chi connectivity index (χ3n) is 3.72. The molecule has 2 aromatic heterocycles. The minimum Gasteiger partial charge on any atom is -0.309 e. The van der Waals surface area contributed by atoms with Gasteiger partial charge in [0, 0.05) is 24.4 Å². The van der Waals surface area contributed by atoms with Gasteiger partial charge in [-0.2, -0.15) is 5.10 Å². The first-order valence-corrected chi connectivity index (χ1v) is 8.09. The highest BCUT2D eigenvalue weighted by atomic mass is 19.1. The summed E-state index contributed by atoms with van der Waals surface area (Å²) in [5.41, 5.74) is 3.12. The number of carbonyl (C=O) groups excluding carboxylic acids is 1. The maximum absolute atomic E-state index is 13.2. The first-order chi connectivity index (χ1) is 12.0. The number of nitrogens with one attached hydrogen (secondary N) is 2. The van der Waals surface area contributed by atoms with E-state index in [1.165, 1.54) is 12.1 Å². The number of nitrogens with zero attached hydrogens (tertiary/aromatic N) is 2. The summed E-state index contributed by atoms with van der Waals surface area (Å²) < 4.78 is 13.2. The van der Waals surface area contributed by atoms with Crippen molar-refractivity contribution in [3.05, 3.63) is 54.6 Å². The lowest BCUT2D eigenvalue weighted by Crippen LogP contribution is -2.14. The molecule has 25 heavy (non-hydrogen) atoms. The molecule has 0 aliphatic rings. The number of aromatic nitrogens is 3. The Morgan fingerprint density at radius 3 is 2.44 bits per heavy atom. The van der Waals surface area contributed by atoms with Crippen molar-refractivity contribution in [3.63, 3.8) is 0 Å². The van der Waals surface area contributed by atoms with Crippen molar-refractivity contribution in [1.82, 2.24) is 15.2 Å². The Hall–Kier alpha value is -3.02. The smallest absolute Gasteiger partial charge is 0.225 e. The van der Waals surface area contributed by atoms with Gasteiger partial charge in [-0.05, 0) is 47.9 Å². The highest BCUT2D eigenvalue weighted by Crippen LogP contribution is 2.36. The van der Waals surface area contributed by atoms with E-state index >= 15 is 0 Å².